The maximum atomic E-state index is 5.71. The average molecular weight is 265 g/mol. The van der Waals surface area contributed by atoms with Gasteiger partial charge in [-0.15, -0.1) is 0 Å². The molecule has 1 unspecified atom stereocenters. The van der Waals surface area contributed by atoms with Crippen LogP contribution in [0.5, 0.6) is 11.5 Å². The number of nitrogens with one attached hydrogen (secondary N) is 1. The van der Waals surface area contributed by atoms with E-state index in [1.165, 1.54) is 5.56 Å². The van der Waals surface area contributed by atoms with Gasteiger partial charge in [-0.05, 0) is 37.6 Å². The first-order valence-electron chi connectivity index (χ1n) is 6.93. The van der Waals surface area contributed by atoms with E-state index < -0.39 is 0 Å². The largest absolute Gasteiger partial charge is 0.490 e. The molecule has 0 aromatic heterocycles. The topological polar surface area (TPSA) is 39.7 Å². The third-order valence-corrected chi connectivity index (χ3v) is 3.25. The van der Waals surface area contributed by atoms with Crippen molar-refractivity contribution in [2.24, 2.45) is 0 Å². The van der Waals surface area contributed by atoms with Crippen LogP contribution in [0.25, 0.3) is 0 Å². The zero-order chi connectivity index (χ0) is 13.5. The Kier molecular flexibility index (Phi) is 5.48. The van der Waals surface area contributed by atoms with Crippen molar-refractivity contribution in [3.63, 3.8) is 0 Å². The van der Waals surface area contributed by atoms with E-state index >= 15 is 0 Å². The van der Waals surface area contributed by atoms with E-state index in [0.29, 0.717) is 6.04 Å². The molecule has 4 nitrogen and oxygen atoms in total. The quantitative estimate of drug-likeness (QED) is 0.802. The Morgan fingerprint density at radius 1 is 1.26 bits per heavy atom. The predicted octanol–water partition coefficient (Wildman–Crippen LogP) is 2.54. The van der Waals surface area contributed by atoms with Crippen LogP contribution in [0, 0.1) is 0 Å². The average Bonchev–Trinajstić information content (AvgIpc) is 2.67. The number of hydrogen-bond donors (Lipinski definition) is 1. The second kappa shape index (κ2) is 7.36. The van der Waals surface area contributed by atoms with Crippen molar-refractivity contribution < 1.29 is 14.2 Å². The minimum atomic E-state index is 0.300. The van der Waals surface area contributed by atoms with Gasteiger partial charge in [0.1, 0.15) is 0 Å². The second-order valence-electron chi connectivity index (χ2n) is 4.78. The van der Waals surface area contributed by atoms with E-state index in [1.54, 1.807) is 7.11 Å². The fraction of sp³-hybridized carbons (Fsp3) is 0.600. The minimum absolute atomic E-state index is 0.300. The highest BCUT2D eigenvalue weighted by Gasteiger charge is 2.13. The van der Waals surface area contributed by atoms with Gasteiger partial charge >= 0.3 is 0 Å². The number of hydrogen-bond acceptors (Lipinski definition) is 4. The van der Waals surface area contributed by atoms with Crippen LogP contribution in [-0.4, -0.2) is 33.5 Å². The Bertz CT molecular complexity index is 395. The summed E-state index contributed by atoms with van der Waals surface area (Å²) in [7, 11) is 1.73. The van der Waals surface area contributed by atoms with Gasteiger partial charge in [0.25, 0.3) is 0 Å². The Balaban J connectivity index is 1.94. The van der Waals surface area contributed by atoms with Crippen LogP contribution >= 0.6 is 0 Å². The van der Waals surface area contributed by atoms with Gasteiger partial charge < -0.3 is 19.5 Å². The Morgan fingerprint density at radius 2 is 2.05 bits per heavy atom. The van der Waals surface area contributed by atoms with Crippen LogP contribution in [-0.2, 0) is 4.74 Å². The molecule has 1 aromatic rings. The number of rotatable bonds is 6. The predicted molar refractivity (Wildman–Crippen MR) is 75.0 cm³/mol. The van der Waals surface area contributed by atoms with Crippen molar-refractivity contribution in [3.05, 3.63) is 23.8 Å². The van der Waals surface area contributed by atoms with E-state index in [-0.39, 0.29) is 0 Å². The summed E-state index contributed by atoms with van der Waals surface area (Å²) in [6, 6.07) is 6.48. The minimum Gasteiger partial charge on any atom is -0.490 e. The van der Waals surface area contributed by atoms with Crippen LogP contribution in [0.4, 0.5) is 0 Å². The molecule has 1 heterocycles. The molecular formula is C15H23NO3. The first-order chi connectivity index (χ1) is 9.31. The molecule has 1 aliphatic heterocycles. The molecule has 2 rings (SSSR count). The molecule has 1 atom stereocenters. The molecule has 4 heteroatoms. The lowest BCUT2D eigenvalue weighted by molar-refractivity contribution is 0.193. The lowest BCUT2D eigenvalue weighted by Crippen LogP contribution is -2.20. The smallest absolute Gasteiger partial charge is 0.161 e. The summed E-state index contributed by atoms with van der Waals surface area (Å²) >= 11 is 0. The molecule has 1 aliphatic rings. The second-order valence-corrected chi connectivity index (χ2v) is 4.78. The Morgan fingerprint density at radius 3 is 2.84 bits per heavy atom. The lowest BCUT2D eigenvalue weighted by Gasteiger charge is -2.16. The molecule has 19 heavy (non-hydrogen) atoms. The SMILES string of the molecule is COCCCNC(C)c1ccc2c(c1)OCCCO2. The maximum Gasteiger partial charge on any atom is 0.161 e. The van der Waals surface area contributed by atoms with Crippen LogP contribution < -0.4 is 14.8 Å². The van der Waals surface area contributed by atoms with Crippen molar-refractivity contribution in [2.45, 2.75) is 25.8 Å². The van der Waals surface area contributed by atoms with Crippen molar-refractivity contribution in [1.29, 1.82) is 0 Å². The van der Waals surface area contributed by atoms with Crippen LogP contribution in [0.15, 0.2) is 18.2 Å². The van der Waals surface area contributed by atoms with Gasteiger partial charge in [-0.1, -0.05) is 6.07 Å². The molecule has 0 spiro atoms. The summed E-state index contributed by atoms with van der Waals surface area (Å²) < 4.78 is 16.4. The number of ether oxygens (including phenoxy) is 3. The molecule has 1 N–H and O–H groups in total. The van der Waals surface area contributed by atoms with Gasteiger partial charge in [-0.3, -0.25) is 0 Å². The highest BCUT2D eigenvalue weighted by Crippen LogP contribution is 2.32. The van der Waals surface area contributed by atoms with E-state index in [9.17, 15) is 0 Å². The summed E-state index contributed by atoms with van der Waals surface area (Å²) in [5.41, 5.74) is 1.22. The normalized spacial score (nSPS) is 15.9. The van der Waals surface area contributed by atoms with Gasteiger partial charge in [-0.2, -0.15) is 0 Å². The fourth-order valence-electron chi connectivity index (χ4n) is 2.10. The number of methoxy groups -OCH3 is 1. The van der Waals surface area contributed by atoms with Crippen LogP contribution in [0.3, 0.4) is 0 Å². The lowest BCUT2D eigenvalue weighted by atomic mass is 10.1. The zero-order valence-electron chi connectivity index (χ0n) is 11.8. The third-order valence-electron chi connectivity index (χ3n) is 3.25. The molecule has 0 fully saturated rings. The summed E-state index contributed by atoms with van der Waals surface area (Å²) in [5.74, 6) is 1.72. The van der Waals surface area contributed by atoms with Crippen LogP contribution in [0.2, 0.25) is 0 Å². The zero-order valence-corrected chi connectivity index (χ0v) is 11.8. The van der Waals surface area contributed by atoms with Gasteiger partial charge in [0.05, 0.1) is 13.2 Å². The fourth-order valence-corrected chi connectivity index (χ4v) is 2.10. The summed E-state index contributed by atoms with van der Waals surface area (Å²) in [5, 5.41) is 3.48. The van der Waals surface area contributed by atoms with Gasteiger partial charge in [0, 0.05) is 26.2 Å². The van der Waals surface area contributed by atoms with Gasteiger partial charge in [0.2, 0.25) is 0 Å². The first-order valence-corrected chi connectivity index (χ1v) is 6.93. The molecule has 0 bridgehead atoms. The van der Waals surface area contributed by atoms with Gasteiger partial charge in [-0.25, -0.2) is 0 Å². The molecular weight excluding hydrogens is 242 g/mol. The summed E-state index contributed by atoms with van der Waals surface area (Å²) in [6.45, 7) is 5.36. The standard InChI is InChI=1S/C15H23NO3/c1-12(16-7-3-8-17-2)13-5-6-14-15(11-13)19-10-4-9-18-14/h5-6,11-12,16H,3-4,7-10H2,1-2H3. The molecule has 0 aliphatic carbocycles. The maximum absolute atomic E-state index is 5.71. The Labute approximate surface area is 115 Å². The van der Waals surface area contributed by atoms with Crippen molar-refractivity contribution in [3.8, 4) is 11.5 Å². The van der Waals surface area contributed by atoms with Crippen molar-refractivity contribution >= 4 is 0 Å². The van der Waals surface area contributed by atoms with Crippen LogP contribution in [0.1, 0.15) is 31.4 Å². The summed E-state index contributed by atoms with van der Waals surface area (Å²) in [6.07, 6.45) is 1.96. The number of fused-ring (bicyclic) bond motifs is 1. The third kappa shape index (κ3) is 4.11. The van der Waals surface area contributed by atoms with Gasteiger partial charge in [0.15, 0.2) is 11.5 Å². The van der Waals surface area contributed by atoms with E-state index in [2.05, 4.69) is 24.4 Å². The molecule has 0 saturated heterocycles. The van der Waals surface area contributed by atoms with E-state index in [4.69, 9.17) is 14.2 Å². The first kappa shape index (κ1) is 14.2. The monoisotopic (exact) mass is 265 g/mol. The van der Waals surface area contributed by atoms with E-state index in [1.807, 2.05) is 6.07 Å². The molecule has 0 amide bonds. The molecule has 0 radical (unpaired) electrons. The highest BCUT2D eigenvalue weighted by atomic mass is 16.5. The Hall–Kier alpha value is -1.26. The number of benzene rings is 1. The summed E-state index contributed by atoms with van der Waals surface area (Å²) in [4.78, 5) is 0. The molecule has 0 saturated carbocycles. The highest BCUT2D eigenvalue weighted by molar-refractivity contribution is 5.44. The molecule has 1 aromatic carbocycles. The molecule has 106 valence electrons. The van der Waals surface area contributed by atoms with E-state index in [0.717, 1.165) is 50.7 Å². The van der Waals surface area contributed by atoms with Crippen molar-refractivity contribution in [1.82, 2.24) is 5.32 Å². The van der Waals surface area contributed by atoms with Crippen molar-refractivity contribution in [2.75, 3.05) is 33.5 Å².